The Morgan fingerprint density at radius 1 is 1.32 bits per heavy atom. The van der Waals surface area contributed by atoms with Crippen LogP contribution in [0.15, 0.2) is 30.4 Å². The van der Waals surface area contributed by atoms with Crippen molar-refractivity contribution in [3.05, 3.63) is 40.9 Å². The molecule has 0 spiro atoms. The molecule has 28 heavy (non-hydrogen) atoms. The first-order valence-electron chi connectivity index (χ1n) is 9.56. The number of carbonyl (C=O) groups is 2. The summed E-state index contributed by atoms with van der Waals surface area (Å²) < 4.78 is 0. The predicted octanol–water partition coefficient (Wildman–Crippen LogP) is 2.21. The summed E-state index contributed by atoms with van der Waals surface area (Å²) >= 11 is 6.35. The SMILES string of the molecule is C=C(C)CN1C(=O)C2C(NC3N(c4ccc(C)c(Cl)c4)CCCN23)N(C)C1=O. The summed E-state index contributed by atoms with van der Waals surface area (Å²) in [6.45, 7) is 9.57. The largest absolute Gasteiger partial charge is 0.343 e. The maximum absolute atomic E-state index is 13.2. The Balaban J connectivity index is 1.66. The molecule has 0 aromatic heterocycles. The van der Waals surface area contributed by atoms with Gasteiger partial charge in [0.05, 0.1) is 6.54 Å². The minimum Gasteiger partial charge on any atom is -0.343 e. The van der Waals surface area contributed by atoms with Crippen LogP contribution in [0.1, 0.15) is 18.9 Å². The van der Waals surface area contributed by atoms with Gasteiger partial charge in [-0.3, -0.25) is 19.9 Å². The van der Waals surface area contributed by atoms with E-state index in [2.05, 4.69) is 27.8 Å². The fraction of sp³-hybridized carbons (Fsp3) is 0.500. The van der Waals surface area contributed by atoms with Gasteiger partial charge in [0, 0.05) is 30.8 Å². The number of halogens is 1. The molecule has 0 saturated carbocycles. The van der Waals surface area contributed by atoms with Gasteiger partial charge in [0.2, 0.25) is 0 Å². The van der Waals surface area contributed by atoms with Crippen molar-refractivity contribution in [3.8, 4) is 0 Å². The number of imide groups is 1. The van der Waals surface area contributed by atoms with Crippen molar-refractivity contribution in [2.75, 3.05) is 31.6 Å². The molecular formula is C20H26ClN5O2. The van der Waals surface area contributed by atoms with Crippen LogP contribution in [-0.2, 0) is 4.79 Å². The summed E-state index contributed by atoms with van der Waals surface area (Å²) in [7, 11) is 1.75. The topological polar surface area (TPSA) is 59.1 Å². The molecule has 7 nitrogen and oxygen atoms in total. The molecule has 3 amide bonds. The van der Waals surface area contributed by atoms with E-state index in [0.29, 0.717) is 0 Å². The van der Waals surface area contributed by atoms with E-state index >= 15 is 0 Å². The summed E-state index contributed by atoms with van der Waals surface area (Å²) in [5.74, 6) is -0.158. The highest BCUT2D eigenvalue weighted by atomic mass is 35.5. The number of nitrogens with one attached hydrogen (secondary N) is 1. The summed E-state index contributed by atoms with van der Waals surface area (Å²) in [6.07, 6.45) is 0.414. The van der Waals surface area contributed by atoms with Crippen LogP contribution in [0.3, 0.4) is 0 Å². The zero-order valence-corrected chi connectivity index (χ0v) is 17.2. The number of hydrogen-bond acceptors (Lipinski definition) is 5. The van der Waals surface area contributed by atoms with Gasteiger partial charge in [0.15, 0.2) is 0 Å². The Kier molecular flexibility index (Phi) is 4.85. The van der Waals surface area contributed by atoms with Crippen molar-refractivity contribution < 1.29 is 9.59 Å². The number of amides is 3. The quantitative estimate of drug-likeness (QED) is 0.784. The summed E-state index contributed by atoms with van der Waals surface area (Å²) in [4.78, 5) is 33.3. The molecule has 3 aliphatic rings. The number of aryl methyl sites for hydroxylation is 1. The number of fused-ring (bicyclic) bond motifs is 3. The molecule has 150 valence electrons. The molecule has 0 bridgehead atoms. The Bertz CT molecular complexity index is 844. The molecule has 4 rings (SSSR count). The van der Waals surface area contributed by atoms with E-state index in [4.69, 9.17) is 11.6 Å². The number of nitrogens with zero attached hydrogens (tertiary/aromatic N) is 4. The first kappa shape index (κ1) is 19.2. The molecule has 3 atom stereocenters. The van der Waals surface area contributed by atoms with Crippen LogP contribution in [0.2, 0.25) is 5.02 Å². The molecule has 0 radical (unpaired) electrons. The second-order valence-electron chi connectivity index (χ2n) is 7.92. The normalized spacial score (nSPS) is 27.9. The van der Waals surface area contributed by atoms with Crippen molar-refractivity contribution in [2.24, 2.45) is 0 Å². The number of anilines is 1. The minimum absolute atomic E-state index is 0.158. The van der Waals surface area contributed by atoms with E-state index in [0.717, 1.165) is 41.4 Å². The van der Waals surface area contributed by atoms with Crippen LogP contribution in [-0.4, -0.2) is 71.8 Å². The third-order valence-electron chi connectivity index (χ3n) is 5.78. The lowest BCUT2D eigenvalue weighted by atomic mass is 10.1. The van der Waals surface area contributed by atoms with E-state index in [1.165, 1.54) is 4.90 Å². The van der Waals surface area contributed by atoms with E-state index in [9.17, 15) is 9.59 Å². The van der Waals surface area contributed by atoms with Gasteiger partial charge in [-0.2, -0.15) is 0 Å². The first-order valence-corrected chi connectivity index (χ1v) is 9.94. The molecule has 3 unspecified atom stereocenters. The lowest BCUT2D eigenvalue weighted by Gasteiger charge is -2.44. The number of carbonyl (C=O) groups excluding carboxylic acids is 2. The maximum atomic E-state index is 13.2. The van der Waals surface area contributed by atoms with Crippen LogP contribution < -0.4 is 10.2 Å². The number of hydrogen-bond donors (Lipinski definition) is 1. The van der Waals surface area contributed by atoms with Crippen molar-refractivity contribution in [1.29, 1.82) is 0 Å². The van der Waals surface area contributed by atoms with Crippen LogP contribution in [0, 0.1) is 6.92 Å². The molecule has 8 heteroatoms. The van der Waals surface area contributed by atoms with Gasteiger partial charge in [-0.05, 0) is 38.0 Å². The highest BCUT2D eigenvalue weighted by molar-refractivity contribution is 6.31. The lowest BCUT2D eigenvalue weighted by Crippen LogP contribution is -2.66. The third-order valence-corrected chi connectivity index (χ3v) is 6.19. The van der Waals surface area contributed by atoms with Gasteiger partial charge in [0.25, 0.3) is 5.91 Å². The fourth-order valence-electron chi connectivity index (χ4n) is 4.36. The van der Waals surface area contributed by atoms with Crippen LogP contribution in [0.4, 0.5) is 10.5 Å². The van der Waals surface area contributed by atoms with Crippen molar-refractivity contribution in [2.45, 2.75) is 38.8 Å². The number of rotatable bonds is 3. The molecule has 0 aliphatic carbocycles. The van der Waals surface area contributed by atoms with Gasteiger partial charge >= 0.3 is 6.03 Å². The highest BCUT2D eigenvalue weighted by Gasteiger charge is 2.56. The van der Waals surface area contributed by atoms with Gasteiger partial charge in [-0.1, -0.05) is 29.8 Å². The molecular weight excluding hydrogens is 378 g/mol. The number of urea groups is 1. The molecule has 3 saturated heterocycles. The smallest absolute Gasteiger partial charge is 0.328 e. The zero-order valence-electron chi connectivity index (χ0n) is 16.5. The second kappa shape index (κ2) is 7.06. The zero-order chi connectivity index (χ0) is 20.2. The van der Waals surface area contributed by atoms with Crippen molar-refractivity contribution in [3.63, 3.8) is 0 Å². The fourth-order valence-corrected chi connectivity index (χ4v) is 4.53. The summed E-state index contributed by atoms with van der Waals surface area (Å²) in [6, 6.07) is 5.34. The molecule has 3 fully saturated rings. The average Bonchev–Trinajstić information content (AvgIpc) is 3.05. The Labute approximate surface area is 170 Å². The second-order valence-corrected chi connectivity index (χ2v) is 8.33. The Morgan fingerprint density at radius 2 is 2.07 bits per heavy atom. The summed E-state index contributed by atoms with van der Waals surface area (Å²) in [5, 5.41) is 4.23. The van der Waals surface area contributed by atoms with Gasteiger partial charge < -0.3 is 9.80 Å². The van der Waals surface area contributed by atoms with Crippen LogP contribution in [0.25, 0.3) is 0 Å². The van der Waals surface area contributed by atoms with Gasteiger partial charge in [-0.15, -0.1) is 0 Å². The maximum Gasteiger partial charge on any atom is 0.328 e. The van der Waals surface area contributed by atoms with Gasteiger partial charge in [0.1, 0.15) is 18.5 Å². The first-order chi connectivity index (χ1) is 13.3. The van der Waals surface area contributed by atoms with Gasteiger partial charge in [-0.25, -0.2) is 4.79 Å². The molecule has 1 N–H and O–H groups in total. The average molecular weight is 404 g/mol. The number of likely N-dealkylation sites (N-methyl/N-ethyl adjacent to an activating group) is 1. The Hall–Kier alpha value is -2.09. The Morgan fingerprint density at radius 3 is 2.75 bits per heavy atom. The third kappa shape index (κ3) is 2.98. The monoisotopic (exact) mass is 403 g/mol. The van der Waals surface area contributed by atoms with Crippen LogP contribution >= 0.6 is 11.6 Å². The van der Waals surface area contributed by atoms with E-state index in [-0.39, 0.29) is 30.9 Å². The standard InChI is InChI=1S/C20H26ClN5O2/c1-12(2)11-26-18(27)16-17(23(4)20(26)28)22-19-24(8-5-9-25(16)19)14-7-6-13(3)15(21)10-14/h6-7,10,16-17,19,22H,1,5,8-9,11H2,2-4H3. The van der Waals surface area contributed by atoms with E-state index in [1.54, 1.807) is 11.9 Å². The minimum atomic E-state index is -0.407. The highest BCUT2D eigenvalue weighted by Crippen LogP contribution is 2.34. The van der Waals surface area contributed by atoms with Crippen LogP contribution in [0.5, 0.6) is 0 Å². The van der Waals surface area contributed by atoms with Crippen molar-refractivity contribution in [1.82, 2.24) is 20.0 Å². The predicted molar refractivity (Wildman–Crippen MR) is 109 cm³/mol. The molecule has 1 aromatic rings. The summed E-state index contributed by atoms with van der Waals surface area (Å²) in [5.41, 5.74) is 2.82. The van der Waals surface area contributed by atoms with E-state index < -0.39 is 6.04 Å². The lowest BCUT2D eigenvalue weighted by molar-refractivity contribution is -0.138. The molecule has 1 aromatic carbocycles. The molecule has 3 aliphatic heterocycles. The van der Waals surface area contributed by atoms with E-state index in [1.807, 2.05) is 26.0 Å². The number of benzene rings is 1. The molecule has 3 heterocycles. The van der Waals surface area contributed by atoms with Crippen molar-refractivity contribution >= 4 is 29.2 Å².